The Hall–Kier alpha value is -2.60. The summed E-state index contributed by atoms with van der Waals surface area (Å²) in [5.41, 5.74) is 9.22. The molecule has 6 heteroatoms. The molecule has 1 heterocycles. The third kappa shape index (κ3) is 2.73. The Kier molecular flexibility index (Phi) is 3.92. The lowest BCUT2D eigenvalue weighted by Gasteiger charge is -2.14. The number of hydrogen-bond donors (Lipinski definition) is 1. The minimum absolute atomic E-state index is 0.287. The molecule has 23 heavy (non-hydrogen) atoms. The van der Waals surface area contributed by atoms with Gasteiger partial charge in [-0.25, -0.2) is 4.98 Å². The van der Waals surface area contributed by atoms with Crippen LogP contribution in [0.5, 0.6) is 5.75 Å². The van der Waals surface area contributed by atoms with Gasteiger partial charge in [-0.3, -0.25) is 4.79 Å². The van der Waals surface area contributed by atoms with Gasteiger partial charge in [0, 0.05) is 25.3 Å². The lowest BCUT2D eigenvalue weighted by atomic mass is 10.0. The Morgan fingerprint density at radius 1 is 1.26 bits per heavy atom. The average molecular weight is 327 g/mol. The minimum atomic E-state index is -0.527. The highest BCUT2D eigenvalue weighted by molar-refractivity contribution is 7.20. The number of fused-ring (bicyclic) bond motifs is 1. The zero-order valence-corrected chi connectivity index (χ0v) is 14.0. The molecule has 5 nitrogen and oxygen atoms in total. The first-order chi connectivity index (χ1) is 11.0. The van der Waals surface area contributed by atoms with Crippen LogP contribution in [0, 0.1) is 0 Å². The zero-order valence-electron chi connectivity index (χ0n) is 13.2. The number of thiazole rings is 1. The second kappa shape index (κ2) is 5.89. The van der Waals surface area contributed by atoms with Crippen molar-refractivity contribution in [1.29, 1.82) is 0 Å². The van der Waals surface area contributed by atoms with Crippen LogP contribution in [0.2, 0.25) is 0 Å². The van der Waals surface area contributed by atoms with E-state index < -0.39 is 5.91 Å². The second-order valence-corrected chi connectivity index (χ2v) is 6.32. The van der Waals surface area contributed by atoms with Crippen molar-refractivity contribution in [3.8, 4) is 16.9 Å². The van der Waals surface area contributed by atoms with E-state index in [-0.39, 0.29) is 5.01 Å². The molecule has 0 aliphatic rings. The summed E-state index contributed by atoms with van der Waals surface area (Å²) in [4.78, 5) is 17.9. The number of benzene rings is 2. The number of nitrogens with zero attached hydrogens (tertiary/aromatic N) is 2. The van der Waals surface area contributed by atoms with Gasteiger partial charge in [0.1, 0.15) is 11.3 Å². The lowest BCUT2D eigenvalue weighted by Crippen LogP contribution is -2.09. The van der Waals surface area contributed by atoms with Gasteiger partial charge in [-0.05, 0) is 29.8 Å². The molecule has 0 unspecified atom stereocenters. The summed E-state index contributed by atoms with van der Waals surface area (Å²) in [6.07, 6.45) is 0. The molecule has 0 bridgehead atoms. The van der Waals surface area contributed by atoms with E-state index in [0.717, 1.165) is 21.5 Å². The molecule has 0 saturated heterocycles. The predicted octanol–water partition coefficient (Wildman–Crippen LogP) is 3.14. The number of amides is 1. The van der Waals surface area contributed by atoms with Crippen molar-refractivity contribution < 1.29 is 9.53 Å². The number of hydrogen-bond acceptors (Lipinski definition) is 5. The van der Waals surface area contributed by atoms with E-state index in [1.165, 1.54) is 11.3 Å². The normalized spacial score (nSPS) is 10.7. The Bertz CT molecular complexity index is 887. The van der Waals surface area contributed by atoms with Crippen molar-refractivity contribution in [3.63, 3.8) is 0 Å². The van der Waals surface area contributed by atoms with Crippen molar-refractivity contribution >= 4 is 33.1 Å². The van der Waals surface area contributed by atoms with Gasteiger partial charge >= 0.3 is 0 Å². The number of nitrogens with two attached hydrogens (primary N) is 1. The van der Waals surface area contributed by atoms with E-state index in [0.29, 0.717) is 11.3 Å². The molecule has 3 rings (SSSR count). The summed E-state index contributed by atoms with van der Waals surface area (Å²) in [6.45, 7) is 0. The highest BCUT2D eigenvalue weighted by Crippen LogP contribution is 2.38. The van der Waals surface area contributed by atoms with Gasteiger partial charge in [0.25, 0.3) is 5.91 Å². The van der Waals surface area contributed by atoms with E-state index in [2.05, 4.69) is 11.1 Å². The van der Waals surface area contributed by atoms with Gasteiger partial charge in [-0.15, -0.1) is 11.3 Å². The standard InChI is InChI=1S/C17H17N3O2S/c1-20(2)11-6-4-5-10(9-11)12-7-8-13(22-3)14-15(12)23-17(19-14)16(18)21/h4-9H,1-3H3,(H2,18,21). The van der Waals surface area contributed by atoms with Crippen molar-refractivity contribution in [2.45, 2.75) is 0 Å². The SMILES string of the molecule is COc1ccc(-c2cccc(N(C)C)c2)c2sc(C(N)=O)nc12. The van der Waals surface area contributed by atoms with Crippen LogP contribution in [0.4, 0.5) is 5.69 Å². The van der Waals surface area contributed by atoms with E-state index >= 15 is 0 Å². The molecule has 0 aliphatic carbocycles. The maximum atomic E-state index is 11.5. The first-order valence-electron chi connectivity index (χ1n) is 7.06. The third-order valence-corrected chi connectivity index (χ3v) is 4.71. The number of carbonyl (C=O) groups is 1. The number of rotatable bonds is 4. The molecule has 0 radical (unpaired) electrons. The molecule has 0 aliphatic heterocycles. The molecular weight excluding hydrogens is 310 g/mol. The van der Waals surface area contributed by atoms with Gasteiger partial charge in [0.15, 0.2) is 5.01 Å². The van der Waals surface area contributed by atoms with Gasteiger partial charge in [-0.2, -0.15) is 0 Å². The Morgan fingerprint density at radius 3 is 2.70 bits per heavy atom. The average Bonchev–Trinajstić information content (AvgIpc) is 2.99. The monoisotopic (exact) mass is 327 g/mol. The Labute approximate surface area is 138 Å². The van der Waals surface area contributed by atoms with Gasteiger partial charge in [0.05, 0.1) is 11.8 Å². The smallest absolute Gasteiger partial charge is 0.277 e. The van der Waals surface area contributed by atoms with E-state index in [1.807, 2.05) is 49.3 Å². The fourth-order valence-electron chi connectivity index (χ4n) is 2.43. The predicted molar refractivity (Wildman–Crippen MR) is 94.5 cm³/mol. The molecule has 1 amide bonds. The summed E-state index contributed by atoms with van der Waals surface area (Å²) in [6, 6.07) is 12.1. The summed E-state index contributed by atoms with van der Waals surface area (Å²) >= 11 is 1.29. The van der Waals surface area contributed by atoms with Crippen LogP contribution < -0.4 is 15.4 Å². The fraction of sp³-hybridized carbons (Fsp3) is 0.176. The van der Waals surface area contributed by atoms with E-state index in [4.69, 9.17) is 10.5 Å². The highest BCUT2D eigenvalue weighted by Gasteiger charge is 2.16. The zero-order chi connectivity index (χ0) is 16.6. The third-order valence-electron chi connectivity index (χ3n) is 3.61. The van der Waals surface area contributed by atoms with Gasteiger partial charge in [-0.1, -0.05) is 12.1 Å². The quantitative estimate of drug-likeness (QED) is 0.799. The lowest BCUT2D eigenvalue weighted by molar-refractivity contribution is 0.1000. The molecule has 1 aromatic heterocycles. The number of carbonyl (C=O) groups excluding carboxylic acids is 1. The van der Waals surface area contributed by atoms with Crippen LogP contribution in [0.1, 0.15) is 9.80 Å². The number of ether oxygens (including phenoxy) is 1. The van der Waals surface area contributed by atoms with E-state index in [1.54, 1.807) is 7.11 Å². The van der Waals surface area contributed by atoms with Crippen LogP contribution in [0.3, 0.4) is 0 Å². The van der Waals surface area contributed by atoms with Crippen LogP contribution in [0.15, 0.2) is 36.4 Å². The van der Waals surface area contributed by atoms with Crippen LogP contribution in [0.25, 0.3) is 21.3 Å². The number of aromatic nitrogens is 1. The summed E-state index contributed by atoms with van der Waals surface area (Å²) in [5, 5.41) is 0.287. The molecule has 0 fully saturated rings. The van der Waals surface area contributed by atoms with Gasteiger partial charge < -0.3 is 15.4 Å². The van der Waals surface area contributed by atoms with Crippen molar-refractivity contribution in [2.75, 3.05) is 26.1 Å². The van der Waals surface area contributed by atoms with Crippen LogP contribution >= 0.6 is 11.3 Å². The molecule has 118 valence electrons. The minimum Gasteiger partial charge on any atom is -0.494 e. The number of methoxy groups -OCH3 is 1. The highest BCUT2D eigenvalue weighted by atomic mass is 32.1. The Balaban J connectivity index is 2.25. The van der Waals surface area contributed by atoms with Crippen LogP contribution in [-0.4, -0.2) is 32.1 Å². The maximum Gasteiger partial charge on any atom is 0.277 e. The summed E-state index contributed by atoms with van der Waals surface area (Å²) in [7, 11) is 5.59. The molecule has 0 saturated carbocycles. The molecular formula is C17H17N3O2S. The van der Waals surface area contributed by atoms with E-state index in [9.17, 15) is 4.79 Å². The first kappa shape index (κ1) is 15.3. The number of anilines is 1. The van der Waals surface area contributed by atoms with Crippen molar-refractivity contribution in [2.24, 2.45) is 5.73 Å². The molecule has 3 aromatic rings. The Morgan fingerprint density at radius 2 is 2.04 bits per heavy atom. The topological polar surface area (TPSA) is 68.5 Å². The van der Waals surface area contributed by atoms with Crippen molar-refractivity contribution in [3.05, 3.63) is 41.4 Å². The summed E-state index contributed by atoms with van der Waals surface area (Å²) < 4.78 is 6.25. The summed E-state index contributed by atoms with van der Waals surface area (Å²) in [5.74, 6) is 0.109. The van der Waals surface area contributed by atoms with Crippen LogP contribution in [-0.2, 0) is 0 Å². The fourth-order valence-corrected chi connectivity index (χ4v) is 3.40. The first-order valence-corrected chi connectivity index (χ1v) is 7.88. The maximum absolute atomic E-state index is 11.5. The van der Waals surface area contributed by atoms with Gasteiger partial charge in [0.2, 0.25) is 0 Å². The number of primary amides is 1. The molecule has 2 N–H and O–H groups in total. The van der Waals surface area contributed by atoms with Crippen molar-refractivity contribution in [1.82, 2.24) is 4.98 Å². The molecule has 2 aromatic carbocycles. The second-order valence-electron chi connectivity index (χ2n) is 5.32. The molecule has 0 atom stereocenters. The largest absolute Gasteiger partial charge is 0.494 e. The molecule has 0 spiro atoms.